The van der Waals surface area contributed by atoms with E-state index in [-0.39, 0.29) is 24.0 Å². The fourth-order valence-electron chi connectivity index (χ4n) is 2.66. The van der Waals surface area contributed by atoms with Crippen molar-refractivity contribution in [2.75, 3.05) is 31.6 Å². The Balaban J connectivity index is 0.00000264. The number of nitrogens with zero attached hydrogens (tertiary/aromatic N) is 2. The highest BCUT2D eigenvalue weighted by Crippen LogP contribution is 2.24. The summed E-state index contributed by atoms with van der Waals surface area (Å²) in [5, 5.41) is 6.87. The van der Waals surface area contributed by atoms with Crippen molar-refractivity contribution < 1.29 is 0 Å². The van der Waals surface area contributed by atoms with Crippen LogP contribution in [-0.4, -0.2) is 38.7 Å². The maximum atomic E-state index is 4.30. The Morgan fingerprint density at radius 3 is 2.70 bits per heavy atom. The van der Waals surface area contributed by atoms with Crippen molar-refractivity contribution in [3.05, 3.63) is 28.7 Å². The van der Waals surface area contributed by atoms with Gasteiger partial charge in [-0.3, -0.25) is 4.99 Å². The van der Waals surface area contributed by atoms with Gasteiger partial charge >= 0.3 is 0 Å². The van der Waals surface area contributed by atoms with Crippen LogP contribution >= 0.6 is 39.9 Å². The molecule has 2 unspecified atom stereocenters. The summed E-state index contributed by atoms with van der Waals surface area (Å²) in [6.07, 6.45) is 2.32. The summed E-state index contributed by atoms with van der Waals surface area (Å²) in [6.45, 7) is 7.57. The molecule has 1 heterocycles. The van der Waals surface area contributed by atoms with E-state index < -0.39 is 0 Å². The second-order valence-corrected chi connectivity index (χ2v) is 6.90. The highest BCUT2D eigenvalue weighted by molar-refractivity contribution is 14.0. The van der Waals surface area contributed by atoms with E-state index in [4.69, 9.17) is 0 Å². The molecule has 1 aliphatic rings. The molecule has 1 fully saturated rings. The number of hydrogen-bond acceptors (Lipinski definition) is 2. The summed E-state index contributed by atoms with van der Waals surface area (Å²) >= 11 is 3.49. The first kappa shape index (κ1) is 20.5. The summed E-state index contributed by atoms with van der Waals surface area (Å²) in [5.74, 6) is 1.58. The lowest BCUT2D eigenvalue weighted by molar-refractivity contribution is 0.554. The zero-order valence-corrected chi connectivity index (χ0v) is 18.1. The Kier molecular flexibility index (Phi) is 9.27. The molecule has 0 spiro atoms. The predicted molar refractivity (Wildman–Crippen MR) is 114 cm³/mol. The van der Waals surface area contributed by atoms with E-state index >= 15 is 0 Å². The van der Waals surface area contributed by atoms with Gasteiger partial charge in [0.1, 0.15) is 0 Å². The molecule has 6 heteroatoms. The van der Waals surface area contributed by atoms with Gasteiger partial charge in [0, 0.05) is 42.9 Å². The molecule has 0 aliphatic carbocycles. The van der Waals surface area contributed by atoms with Crippen molar-refractivity contribution in [3.63, 3.8) is 0 Å². The van der Waals surface area contributed by atoms with Gasteiger partial charge in [0.15, 0.2) is 5.96 Å². The van der Waals surface area contributed by atoms with Gasteiger partial charge in [0.25, 0.3) is 0 Å². The lowest BCUT2D eigenvalue weighted by atomic mass is 10.1. The Bertz CT molecular complexity index is 492. The fraction of sp³-hybridized carbons (Fsp3) is 0.588. The molecule has 23 heavy (non-hydrogen) atoms. The molecular formula is C17H28BrIN4. The van der Waals surface area contributed by atoms with E-state index in [0.29, 0.717) is 12.0 Å². The normalized spacial score (nSPS) is 19.2. The number of benzene rings is 1. The van der Waals surface area contributed by atoms with Crippen LogP contribution in [0.1, 0.15) is 26.7 Å². The van der Waals surface area contributed by atoms with E-state index in [1.807, 2.05) is 7.05 Å². The maximum Gasteiger partial charge on any atom is 0.191 e. The van der Waals surface area contributed by atoms with Crippen LogP contribution in [-0.2, 0) is 0 Å². The van der Waals surface area contributed by atoms with Crippen molar-refractivity contribution in [2.45, 2.75) is 32.7 Å². The van der Waals surface area contributed by atoms with Gasteiger partial charge in [-0.05, 0) is 49.9 Å². The molecule has 1 aromatic carbocycles. The minimum absolute atomic E-state index is 0. The smallest absolute Gasteiger partial charge is 0.191 e. The third-order valence-corrected chi connectivity index (χ3v) is 4.78. The summed E-state index contributed by atoms with van der Waals surface area (Å²) in [6, 6.07) is 9.04. The minimum atomic E-state index is 0. The highest BCUT2D eigenvalue weighted by Gasteiger charge is 2.22. The predicted octanol–water partition coefficient (Wildman–Crippen LogP) is 3.86. The Morgan fingerprint density at radius 2 is 2.09 bits per heavy atom. The number of hydrogen-bond donors (Lipinski definition) is 2. The van der Waals surface area contributed by atoms with Gasteiger partial charge in [-0.15, -0.1) is 24.0 Å². The van der Waals surface area contributed by atoms with E-state index in [9.17, 15) is 0 Å². The summed E-state index contributed by atoms with van der Waals surface area (Å²) < 4.78 is 1.13. The Labute approximate surface area is 165 Å². The van der Waals surface area contributed by atoms with E-state index in [1.165, 1.54) is 12.1 Å². The van der Waals surface area contributed by atoms with Crippen LogP contribution in [0.15, 0.2) is 33.7 Å². The fourth-order valence-corrected chi connectivity index (χ4v) is 2.92. The number of aliphatic imine (C=N–C) groups is 1. The molecule has 130 valence electrons. The van der Waals surface area contributed by atoms with Gasteiger partial charge in [-0.2, -0.15) is 0 Å². The third kappa shape index (κ3) is 6.49. The van der Waals surface area contributed by atoms with Gasteiger partial charge in [0.05, 0.1) is 0 Å². The third-order valence-electron chi connectivity index (χ3n) is 4.25. The molecule has 0 radical (unpaired) electrons. The van der Waals surface area contributed by atoms with Crippen LogP contribution in [0, 0.1) is 5.92 Å². The molecule has 2 rings (SSSR count). The van der Waals surface area contributed by atoms with Crippen molar-refractivity contribution in [1.82, 2.24) is 10.6 Å². The number of rotatable bonds is 5. The molecule has 1 saturated heterocycles. The molecule has 0 saturated carbocycles. The van der Waals surface area contributed by atoms with Gasteiger partial charge < -0.3 is 15.5 Å². The number of halogens is 2. The Hall–Kier alpha value is -0.500. The number of nitrogens with one attached hydrogen (secondary N) is 2. The first-order valence-corrected chi connectivity index (χ1v) is 8.89. The molecular weight excluding hydrogens is 467 g/mol. The van der Waals surface area contributed by atoms with Gasteiger partial charge in [-0.25, -0.2) is 0 Å². The zero-order valence-electron chi connectivity index (χ0n) is 14.2. The van der Waals surface area contributed by atoms with Crippen molar-refractivity contribution >= 4 is 51.6 Å². The second-order valence-electron chi connectivity index (χ2n) is 5.98. The largest absolute Gasteiger partial charge is 0.371 e. The lowest BCUT2D eigenvalue weighted by Crippen LogP contribution is -2.43. The summed E-state index contributed by atoms with van der Waals surface area (Å²) in [4.78, 5) is 6.76. The minimum Gasteiger partial charge on any atom is -0.371 e. The average molecular weight is 495 g/mol. The SMILES string of the molecule is CCC(C)NC(=NC)NCC1CCN(c2ccc(Br)cc2)C1.I. The van der Waals surface area contributed by atoms with Gasteiger partial charge in [-0.1, -0.05) is 22.9 Å². The molecule has 0 aromatic heterocycles. The summed E-state index contributed by atoms with van der Waals surface area (Å²) in [7, 11) is 1.83. The summed E-state index contributed by atoms with van der Waals surface area (Å²) in [5.41, 5.74) is 1.31. The Morgan fingerprint density at radius 1 is 1.39 bits per heavy atom. The maximum absolute atomic E-state index is 4.30. The van der Waals surface area contributed by atoms with Crippen LogP contribution in [0.25, 0.3) is 0 Å². The zero-order chi connectivity index (χ0) is 15.9. The van der Waals surface area contributed by atoms with Crippen LogP contribution in [0.5, 0.6) is 0 Å². The van der Waals surface area contributed by atoms with E-state index in [2.05, 4.69) is 74.6 Å². The first-order chi connectivity index (χ1) is 10.6. The molecule has 2 atom stereocenters. The topological polar surface area (TPSA) is 39.7 Å². The van der Waals surface area contributed by atoms with Crippen LogP contribution < -0.4 is 15.5 Å². The number of anilines is 1. The molecule has 0 amide bonds. The van der Waals surface area contributed by atoms with Crippen LogP contribution in [0.3, 0.4) is 0 Å². The molecule has 4 nitrogen and oxygen atoms in total. The monoisotopic (exact) mass is 494 g/mol. The van der Waals surface area contributed by atoms with Crippen molar-refractivity contribution in [2.24, 2.45) is 10.9 Å². The standard InChI is InChI=1S/C17H27BrN4.HI/c1-4-13(2)21-17(19-3)20-11-14-9-10-22(12-14)16-7-5-15(18)6-8-16;/h5-8,13-14H,4,9-12H2,1-3H3,(H2,19,20,21);1H. The second kappa shape index (κ2) is 10.4. The highest BCUT2D eigenvalue weighted by atomic mass is 127. The molecule has 2 N–H and O–H groups in total. The van der Waals surface area contributed by atoms with Crippen molar-refractivity contribution in [1.29, 1.82) is 0 Å². The molecule has 0 bridgehead atoms. The molecule has 1 aliphatic heterocycles. The number of guanidine groups is 1. The van der Waals surface area contributed by atoms with Crippen LogP contribution in [0.4, 0.5) is 5.69 Å². The molecule has 1 aromatic rings. The average Bonchev–Trinajstić information content (AvgIpc) is 3.00. The first-order valence-electron chi connectivity index (χ1n) is 8.10. The van der Waals surface area contributed by atoms with Gasteiger partial charge in [0.2, 0.25) is 0 Å². The van der Waals surface area contributed by atoms with Crippen molar-refractivity contribution in [3.8, 4) is 0 Å². The quantitative estimate of drug-likeness (QED) is 0.371. The lowest BCUT2D eigenvalue weighted by Gasteiger charge is -2.20. The van der Waals surface area contributed by atoms with Crippen LogP contribution in [0.2, 0.25) is 0 Å². The van der Waals surface area contributed by atoms with E-state index in [1.54, 1.807) is 0 Å². The van der Waals surface area contributed by atoms with E-state index in [0.717, 1.165) is 36.5 Å².